The molecule has 2 aromatic rings. The average molecular weight is 341 g/mol. The van der Waals surface area contributed by atoms with Gasteiger partial charge in [0.05, 0.1) is 13.7 Å². The SMILES string of the molecule is COc1coc(CN2CCCC(CCc3ccccc3C)C2)cc1=O. The number of methoxy groups -OCH3 is 1. The molecule has 1 saturated heterocycles. The molecular formula is C21H27NO3. The Morgan fingerprint density at radius 1 is 1.32 bits per heavy atom. The van der Waals surface area contributed by atoms with E-state index in [1.807, 2.05) is 0 Å². The molecule has 1 aliphatic heterocycles. The number of benzene rings is 1. The van der Waals surface area contributed by atoms with Crippen molar-refractivity contribution in [2.24, 2.45) is 5.92 Å². The van der Waals surface area contributed by atoms with E-state index in [1.165, 1.54) is 43.8 Å². The molecule has 0 amide bonds. The van der Waals surface area contributed by atoms with Crippen LogP contribution < -0.4 is 10.2 Å². The first kappa shape index (κ1) is 17.7. The Balaban J connectivity index is 1.55. The molecule has 1 aromatic heterocycles. The number of piperidine rings is 1. The molecule has 3 rings (SSSR count). The molecule has 0 N–H and O–H groups in total. The largest absolute Gasteiger partial charge is 0.490 e. The number of likely N-dealkylation sites (tertiary alicyclic amines) is 1. The molecule has 1 unspecified atom stereocenters. The summed E-state index contributed by atoms with van der Waals surface area (Å²) < 4.78 is 10.5. The van der Waals surface area contributed by atoms with Gasteiger partial charge in [0.15, 0.2) is 0 Å². The molecule has 0 bridgehead atoms. The zero-order valence-corrected chi connectivity index (χ0v) is 15.2. The van der Waals surface area contributed by atoms with E-state index in [0.717, 1.165) is 19.5 Å². The first-order valence-corrected chi connectivity index (χ1v) is 9.08. The molecule has 0 saturated carbocycles. The summed E-state index contributed by atoms with van der Waals surface area (Å²) in [6.45, 7) is 5.02. The second-order valence-corrected chi connectivity index (χ2v) is 6.99. The predicted octanol–water partition coefficient (Wildman–Crippen LogP) is 3.80. The van der Waals surface area contributed by atoms with Gasteiger partial charge in [-0.1, -0.05) is 24.3 Å². The Morgan fingerprint density at radius 2 is 2.16 bits per heavy atom. The van der Waals surface area contributed by atoms with E-state index < -0.39 is 0 Å². The fraction of sp³-hybridized carbons (Fsp3) is 0.476. The molecule has 1 aliphatic rings. The van der Waals surface area contributed by atoms with E-state index in [-0.39, 0.29) is 11.2 Å². The van der Waals surface area contributed by atoms with Crippen LogP contribution in [0.5, 0.6) is 5.75 Å². The number of nitrogens with zero attached hydrogens (tertiary/aromatic N) is 1. The lowest BCUT2D eigenvalue weighted by Gasteiger charge is -2.32. The molecule has 0 spiro atoms. The van der Waals surface area contributed by atoms with E-state index in [1.54, 1.807) is 6.07 Å². The predicted molar refractivity (Wildman–Crippen MR) is 99.0 cm³/mol. The summed E-state index contributed by atoms with van der Waals surface area (Å²) in [5.74, 6) is 1.68. The van der Waals surface area contributed by atoms with Crippen LogP contribution in [0.2, 0.25) is 0 Å². The van der Waals surface area contributed by atoms with Gasteiger partial charge in [0.2, 0.25) is 11.2 Å². The van der Waals surface area contributed by atoms with Crippen LogP contribution in [0.25, 0.3) is 0 Å². The fourth-order valence-corrected chi connectivity index (χ4v) is 3.67. The minimum atomic E-state index is -0.114. The summed E-state index contributed by atoms with van der Waals surface area (Å²) in [4.78, 5) is 14.3. The maximum atomic E-state index is 11.9. The molecular weight excluding hydrogens is 314 g/mol. The molecule has 4 heteroatoms. The van der Waals surface area contributed by atoms with E-state index in [9.17, 15) is 4.79 Å². The van der Waals surface area contributed by atoms with Gasteiger partial charge < -0.3 is 9.15 Å². The van der Waals surface area contributed by atoms with E-state index in [0.29, 0.717) is 18.2 Å². The maximum Gasteiger partial charge on any atom is 0.227 e. The highest BCUT2D eigenvalue weighted by Gasteiger charge is 2.21. The van der Waals surface area contributed by atoms with Gasteiger partial charge >= 0.3 is 0 Å². The highest BCUT2D eigenvalue weighted by Crippen LogP contribution is 2.23. The molecule has 0 radical (unpaired) electrons. The fourth-order valence-electron chi connectivity index (χ4n) is 3.67. The van der Waals surface area contributed by atoms with Crippen molar-refractivity contribution >= 4 is 0 Å². The highest BCUT2D eigenvalue weighted by atomic mass is 16.5. The van der Waals surface area contributed by atoms with Gasteiger partial charge in [-0.3, -0.25) is 9.69 Å². The van der Waals surface area contributed by atoms with Crippen LogP contribution in [0, 0.1) is 12.8 Å². The number of aryl methyl sites for hydroxylation is 2. The normalized spacial score (nSPS) is 18.2. The lowest BCUT2D eigenvalue weighted by Crippen LogP contribution is -2.35. The number of hydrogen-bond acceptors (Lipinski definition) is 4. The second kappa shape index (κ2) is 8.34. The van der Waals surface area contributed by atoms with Gasteiger partial charge in [-0.2, -0.15) is 0 Å². The lowest BCUT2D eigenvalue weighted by atomic mass is 9.90. The van der Waals surface area contributed by atoms with Gasteiger partial charge in [-0.15, -0.1) is 0 Å². The highest BCUT2D eigenvalue weighted by molar-refractivity contribution is 5.25. The summed E-state index contributed by atoms with van der Waals surface area (Å²) in [6.07, 6.45) is 6.27. The molecule has 1 fully saturated rings. The average Bonchev–Trinajstić information content (AvgIpc) is 2.62. The summed E-state index contributed by atoms with van der Waals surface area (Å²) in [7, 11) is 1.48. The van der Waals surface area contributed by atoms with Crippen LogP contribution in [0.4, 0.5) is 0 Å². The number of rotatable bonds is 6. The Hall–Kier alpha value is -2.07. The van der Waals surface area contributed by atoms with E-state index >= 15 is 0 Å². The van der Waals surface area contributed by atoms with Crippen molar-refractivity contribution in [2.75, 3.05) is 20.2 Å². The Morgan fingerprint density at radius 3 is 2.92 bits per heavy atom. The minimum Gasteiger partial charge on any atom is -0.490 e. The molecule has 4 nitrogen and oxygen atoms in total. The van der Waals surface area contributed by atoms with Crippen LogP contribution in [0.15, 0.2) is 45.8 Å². The van der Waals surface area contributed by atoms with Gasteiger partial charge in [-0.05, 0) is 56.2 Å². The number of hydrogen-bond donors (Lipinski definition) is 0. The van der Waals surface area contributed by atoms with Gasteiger partial charge in [-0.25, -0.2) is 0 Å². The number of ether oxygens (including phenoxy) is 1. The molecule has 134 valence electrons. The van der Waals surface area contributed by atoms with Crippen LogP contribution in [-0.2, 0) is 13.0 Å². The van der Waals surface area contributed by atoms with Crippen LogP contribution in [0.1, 0.15) is 36.1 Å². The monoisotopic (exact) mass is 341 g/mol. The summed E-state index contributed by atoms with van der Waals surface area (Å²) in [5, 5.41) is 0. The third kappa shape index (κ3) is 4.73. The van der Waals surface area contributed by atoms with Gasteiger partial charge in [0, 0.05) is 12.6 Å². The minimum absolute atomic E-state index is 0.114. The van der Waals surface area contributed by atoms with Crippen molar-refractivity contribution in [2.45, 2.75) is 39.2 Å². The summed E-state index contributed by atoms with van der Waals surface area (Å²) in [6, 6.07) is 10.2. The van der Waals surface area contributed by atoms with Crippen molar-refractivity contribution in [3.05, 3.63) is 63.7 Å². The van der Waals surface area contributed by atoms with Crippen molar-refractivity contribution in [1.29, 1.82) is 0 Å². The zero-order chi connectivity index (χ0) is 17.6. The summed E-state index contributed by atoms with van der Waals surface area (Å²) in [5.41, 5.74) is 2.73. The Bertz CT molecular complexity index is 753. The van der Waals surface area contributed by atoms with Gasteiger partial charge in [0.25, 0.3) is 0 Å². The Kier molecular flexibility index (Phi) is 5.92. The Labute approximate surface area is 149 Å². The van der Waals surface area contributed by atoms with Gasteiger partial charge in [0.1, 0.15) is 12.0 Å². The smallest absolute Gasteiger partial charge is 0.227 e. The van der Waals surface area contributed by atoms with E-state index in [2.05, 4.69) is 36.1 Å². The zero-order valence-electron chi connectivity index (χ0n) is 15.2. The van der Waals surface area contributed by atoms with Crippen LogP contribution >= 0.6 is 0 Å². The first-order chi connectivity index (χ1) is 12.2. The maximum absolute atomic E-state index is 11.9. The standard InChI is InChI=1S/C21H27NO3/c1-16-6-3-4-8-18(16)10-9-17-7-5-11-22(13-17)14-19-12-20(23)21(24-2)15-25-19/h3-4,6,8,12,15,17H,5,7,9-11,13-14H2,1-2H3. The first-order valence-electron chi connectivity index (χ1n) is 9.08. The molecule has 1 atom stereocenters. The summed E-state index contributed by atoms with van der Waals surface area (Å²) >= 11 is 0. The molecule has 2 heterocycles. The molecule has 0 aliphatic carbocycles. The van der Waals surface area contributed by atoms with Crippen molar-refractivity contribution in [1.82, 2.24) is 4.90 Å². The van der Waals surface area contributed by atoms with Crippen molar-refractivity contribution in [3.8, 4) is 5.75 Å². The van der Waals surface area contributed by atoms with Crippen LogP contribution in [0.3, 0.4) is 0 Å². The third-order valence-corrected chi connectivity index (χ3v) is 5.14. The van der Waals surface area contributed by atoms with Crippen molar-refractivity contribution in [3.63, 3.8) is 0 Å². The lowest BCUT2D eigenvalue weighted by molar-refractivity contribution is 0.150. The topological polar surface area (TPSA) is 42.7 Å². The third-order valence-electron chi connectivity index (χ3n) is 5.14. The molecule has 1 aromatic carbocycles. The van der Waals surface area contributed by atoms with Crippen LogP contribution in [-0.4, -0.2) is 25.1 Å². The molecule has 25 heavy (non-hydrogen) atoms. The second-order valence-electron chi connectivity index (χ2n) is 6.99. The quantitative estimate of drug-likeness (QED) is 0.801. The van der Waals surface area contributed by atoms with E-state index in [4.69, 9.17) is 9.15 Å². The van der Waals surface area contributed by atoms with Crippen molar-refractivity contribution < 1.29 is 9.15 Å².